The van der Waals surface area contributed by atoms with Crippen LogP contribution in [0.25, 0.3) is 0 Å². The second kappa shape index (κ2) is 5.96. The topological polar surface area (TPSA) is 52.7 Å². The van der Waals surface area contributed by atoms with Crippen molar-refractivity contribution in [3.8, 4) is 0 Å². The van der Waals surface area contributed by atoms with E-state index in [9.17, 15) is 0 Å². The average molecular weight is 227 g/mol. The summed E-state index contributed by atoms with van der Waals surface area (Å²) >= 11 is 0. The minimum atomic E-state index is 0.281. The van der Waals surface area contributed by atoms with Crippen LogP contribution >= 0.6 is 0 Å². The number of aliphatic hydroxyl groups is 1. The zero-order valence-corrected chi connectivity index (χ0v) is 10.1. The van der Waals surface area contributed by atoms with Crippen LogP contribution in [-0.2, 0) is 0 Å². The van der Waals surface area contributed by atoms with Gasteiger partial charge in [0, 0.05) is 44.8 Å². The second-order valence-electron chi connectivity index (χ2n) is 5.12. The molecule has 3 N–H and O–H groups in total. The molecule has 4 nitrogen and oxygen atoms in total. The standard InChI is InChI=1S/C12H25N3O/c13-11-3-1-2-4-12(11)15-7-5-14(6-8-15)9-10-16/h11-12,16H,1-10,13H2. The summed E-state index contributed by atoms with van der Waals surface area (Å²) in [5.74, 6) is 0. The van der Waals surface area contributed by atoms with Crippen molar-refractivity contribution in [3.63, 3.8) is 0 Å². The third-order valence-corrected chi connectivity index (χ3v) is 4.07. The molecule has 2 unspecified atom stereocenters. The van der Waals surface area contributed by atoms with E-state index in [1.54, 1.807) is 0 Å². The molecule has 1 aliphatic heterocycles. The van der Waals surface area contributed by atoms with Crippen LogP contribution in [0.2, 0.25) is 0 Å². The third kappa shape index (κ3) is 2.94. The third-order valence-electron chi connectivity index (χ3n) is 4.07. The summed E-state index contributed by atoms with van der Waals surface area (Å²) in [4.78, 5) is 4.91. The van der Waals surface area contributed by atoms with Crippen LogP contribution < -0.4 is 5.73 Å². The normalized spacial score (nSPS) is 34.1. The van der Waals surface area contributed by atoms with Gasteiger partial charge in [0.2, 0.25) is 0 Å². The van der Waals surface area contributed by atoms with Gasteiger partial charge >= 0.3 is 0 Å². The average Bonchev–Trinajstić information content (AvgIpc) is 2.31. The second-order valence-corrected chi connectivity index (χ2v) is 5.12. The highest BCUT2D eigenvalue weighted by atomic mass is 16.3. The first-order valence-electron chi connectivity index (χ1n) is 6.64. The summed E-state index contributed by atoms with van der Waals surface area (Å²) in [7, 11) is 0. The van der Waals surface area contributed by atoms with Gasteiger partial charge in [0.05, 0.1) is 6.61 Å². The Kier molecular flexibility index (Phi) is 4.58. The van der Waals surface area contributed by atoms with Crippen LogP contribution in [0.1, 0.15) is 25.7 Å². The number of nitrogens with zero attached hydrogens (tertiary/aromatic N) is 2. The molecule has 0 radical (unpaired) electrons. The van der Waals surface area contributed by atoms with Crippen LogP contribution in [0.5, 0.6) is 0 Å². The van der Waals surface area contributed by atoms with Crippen molar-refractivity contribution in [2.24, 2.45) is 5.73 Å². The number of hydrogen-bond acceptors (Lipinski definition) is 4. The van der Waals surface area contributed by atoms with Crippen molar-refractivity contribution >= 4 is 0 Å². The van der Waals surface area contributed by atoms with Crippen LogP contribution in [0.4, 0.5) is 0 Å². The molecule has 94 valence electrons. The van der Waals surface area contributed by atoms with E-state index in [4.69, 9.17) is 10.8 Å². The number of rotatable bonds is 3. The maximum Gasteiger partial charge on any atom is 0.0558 e. The van der Waals surface area contributed by atoms with Gasteiger partial charge in [-0.25, -0.2) is 0 Å². The predicted octanol–water partition coefficient (Wildman–Crippen LogP) is -0.134. The SMILES string of the molecule is NC1CCCCC1N1CCN(CCO)CC1. The van der Waals surface area contributed by atoms with Gasteiger partial charge in [-0.1, -0.05) is 12.8 Å². The first-order valence-corrected chi connectivity index (χ1v) is 6.64. The molecule has 0 aromatic heterocycles. The fourth-order valence-electron chi connectivity index (χ4n) is 3.05. The van der Waals surface area contributed by atoms with Crippen LogP contribution in [0.3, 0.4) is 0 Å². The maximum absolute atomic E-state index is 8.90. The number of piperazine rings is 1. The lowest BCUT2D eigenvalue weighted by atomic mass is 9.89. The van der Waals surface area contributed by atoms with Gasteiger partial charge in [-0.15, -0.1) is 0 Å². The van der Waals surface area contributed by atoms with Crippen molar-refractivity contribution in [3.05, 3.63) is 0 Å². The maximum atomic E-state index is 8.90. The van der Waals surface area contributed by atoms with Crippen LogP contribution in [0, 0.1) is 0 Å². The van der Waals surface area contributed by atoms with Gasteiger partial charge in [0.15, 0.2) is 0 Å². The summed E-state index contributed by atoms with van der Waals surface area (Å²) in [6.45, 7) is 5.53. The predicted molar refractivity (Wildman–Crippen MR) is 65.3 cm³/mol. The van der Waals surface area contributed by atoms with Gasteiger partial charge in [-0.3, -0.25) is 9.80 Å². The van der Waals surface area contributed by atoms with E-state index in [1.807, 2.05) is 0 Å². The molecular weight excluding hydrogens is 202 g/mol. The molecule has 2 aliphatic rings. The lowest BCUT2D eigenvalue weighted by Gasteiger charge is -2.43. The highest BCUT2D eigenvalue weighted by Gasteiger charge is 2.29. The van der Waals surface area contributed by atoms with Crippen molar-refractivity contribution < 1.29 is 5.11 Å². The smallest absolute Gasteiger partial charge is 0.0558 e. The van der Waals surface area contributed by atoms with Crippen LogP contribution in [-0.4, -0.2) is 66.3 Å². The molecule has 1 saturated heterocycles. The summed E-state index contributed by atoms with van der Waals surface area (Å²) in [5, 5.41) is 8.90. The fraction of sp³-hybridized carbons (Fsp3) is 1.00. The quantitative estimate of drug-likeness (QED) is 0.705. The van der Waals surface area contributed by atoms with Gasteiger partial charge in [-0.05, 0) is 12.8 Å². The minimum Gasteiger partial charge on any atom is -0.395 e. The Labute approximate surface area is 98.4 Å². The lowest BCUT2D eigenvalue weighted by molar-refractivity contribution is 0.0616. The molecule has 4 heteroatoms. The first-order chi connectivity index (χ1) is 7.81. The van der Waals surface area contributed by atoms with E-state index in [0.717, 1.165) is 32.7 Å². The van der Waals surface area contributed by atoms with Gasteiger partial charge in [0.1, 0.15) is 0 Å². The van der Waals surface area contributed by atoms with Crippen LogP contribution in [0.15, 0.2) is 0 Å². The van der Waals surface area contributed by atoms with E-state index in [0.29, 0.717) is 12.1 Å². The van der Waals surface area contributed by atoms with Crippen molar-refractivity contribution in [1.82, 2.24) is 9.80 Å². The highest BCUT2D eigenvalue weighted by molar-refractivity contribution is 4.88. The Morgan fingerprint density at radius 1 is 1.06 bits per heavy atom. The van der Waals surface area contributed by atoms with Gasteiger partial charge in [-0.2, -0.15) is 0 Å². The van der Waals surface area contributed by atoms with Crippen molar-refractivity contribution in [2.75, 3.05) is 39.3 Å². The molecule has 0 spiro atoms. The zero-order chi connectivity index (χ0) is 11.4. The first kappa shape index (κ1) is 12.3. The van der Waals surface area contributed by atoms with E-state index < -0.39 is 0 Å². The molecular formula is C12H25N3O. The van der Waals surface area contributed by atoms with E-state index >= 15 is 0 Å². The zero-order valence-electron chi connectivity index (χ0n) is 10.1. The number of nitrogens with two attached hydrogens (primary N) is 1. The lowest BCUT2D eigenvalue weighted by Crippen LogP contribution is -2.56. The molecule has 1 saturated carbocycles. The van der Waals surface area contributed by atoms with E-state index in [2.05, 4.69) is 9.80 Å². The summed E-state index contributed by atoms with van der Waals surface area (Å²) in [6, 6.07) is 1.00. The molecule has 2 rings (SSSR count). The molecule has 0 bridgehead atoms. The van der Waals surface area contributed by atoms with Gasteiger partial charge < -0.3 is 10.8 Å². The Bertz CT molecular complexity index is 204. The molecule has 1 heterocycles. The molecule has 0 aromatic rings. The molecule has 1 aliphatic carbocycles. The molecule has 0 amide bonds. The molecule has 0 aromatic carbocycles. The fourth-order valence-corrected chi connectivity index (χ4v) is 3.05. The minimum absolute atomic E-state index is 0.281. The highest BCUT2D eigenvalue weighted by Crippen LogP contribution is 2.22. The number of hydrogen-bond donors (Lipinski definition) is 2. The largest absolute Gasteiger partial charge is 0.395 e. The Balaban J connectivity index is 1.79. The molecule has 2 fully saturated rings. The molecule has 2 atom stereocenters. The Morgan fingerprint density at radius 3 is 2.38 bits per heavy atom. The number of aliphatic hydroxyl groups excluding tert-OH is 1. The van der Waals surface area contributed by atoms with E-state index in [-0.39, 0.29) is 6.61 Å². The van der Waals surface area contributed by atoms with Crippen molar-refractivity contribution in [2.45, 2.75) is 37.8 Å². The number of β-amino-alcohol motifs (C(OH)–C–C–N with tert-alkyl or cyclic N) is 1. The Hall–Kier alpha value is -0.160. The summed E-state index contributed by atoms with van der Waals surface area (Å²) < 4.78 is 0. The molecule has 16 heavy (non-hydrogen) atoms. The monoisotopic (exact) mass is 227 g/mol. The summed E-state index contributed by atoms with van der Waals surface area (Å²) in [6.07, 6.45) is 5.13. The van der Waals surface area contributed by atoms with Gasteiger partial charge in [0.25, 0.3) is 0 Å². The van der Waals surface area contributed by atoms with E-state index in [1.165, 1.54) is 25.7 Å². The van der Waals surface area contributed by atoms with Crippen molar-refractivity contribution in [1.29, 1.82) is 0 Å². The Morgan fingerprint density at radius 2 is 1.75 bits per heavy atom. The summed E-state index contributed by atoms with van der Waals surface area (Å²) in [5.41, 5.74) is 6.21.